The third-order valence-electron chi connectivity index (χ3n) is 4.73. The van der Waals surface area contributed by atoms with E-state index in [0.717, 1.165) is 5.56 Å². The van der Waals surface area contributed by atoms with Crippen LogP contribution in [-0.4, -0.2) is 42.1 Å². The molecule has 2 aromatic rings. The first-order chi connectivity index (χ1) is 11.9. The number of benzene rings is 1. The average Bonchev–Trinajstić information content (AvgIpc) is 3.17. The van der Waals surface area contributed by atoms with Gasteiger partial charge in [-0.15, -0.1) is 0 Å². The smallest absolute Gasteiger partial charge is 0.308 e. The zero-order chi connectivity index (χ0) is 18.1. The monoisotopic (exact) mass is 343 g/mol. The Morgan fingerprint density at radius 1 is 1.24 bits per heavy atom. The molecule has 1 aromatic carbocycles. The molecule has 2 atom stereocenters. The standard InChI is InChI=1S/C19H21NO5/c1-11-8-14(12(2)25-11)18(21)20-9-15(16(10-20)19(22)23)13-6-4-5-7-17(13)24-3/h4-8,15-16H,9-10H2,1-3H3,(H,22,23)/t15-,16+/m0/s1. The molecule has 1 aliphatic rings. The number of hydrogen-bond donors (Lipinski definition) is 1. The van der Waals surface area contributed by atoms with E-state index in [1.807, 2.05) is 24.3 Å². The van der Waals surface area contributed by atoms with Crippen molar-refractivity contribution < 1.29 is 23.8 Å². The molecule has 1 aromatic heterocycles. The highest BCUT2D eigenvalue weighted by Crippen LogP contribution is 2.38. The molecule has 6 heteroatoms. The van der Waals surface area contributed by atoms with Crippen LogP contribution in [0.2, 0.25) is 0 Å². The van der Waals surface area contributed by atoms with Crippen molar-refractivity contribution in [3.05, 3.63) is 53.0 Å². The molecule has 1 aliphatic heterocycles. The molecule has 1 amide bonds. The number of carboxylic acid groups (broad SMARTS) is 1. The van der Waals surface area contributed by atoms with Crippen molar-refractivity contribution in [2.45, 2.75) is 19.8 Å². The fourth-order valence-corrected chi connectivity index (χ4v) is 3.52. The van der Waals surface area contributed by atoms with Crippen LogP contribution in [0.1, 0.15) is 33.4 Å². The normalized spacial score (nSPS) is 19.9. The van der Waals surface area contributed by atoms with Crippen LogP contribution in [0.25, 0.3) is 0 Å². The van der Waals surface area contributed by atoms with E-state index in [0.29, 0.717) is 29.4 Å². The van der Waals surface area contributed by atoms with Gasteiger partial charge in [0.2, 0.25) is 0 Å². The SMILES string of the molecule is COc1ccccc1[C@@H]1CN(C(=O)c2cc(C)oc2C)C[C@H]1C(=O)O. The van der Waals surface area contributed by atoms with Crippen LogP contribution in [0, 0.1) is 19.8 Å². The van der Waals surface area contributed by atoms with Crippen LogP contribution in [0.3, 0.4) is 0 Å². The Balaban J connectivity index is 1.92. The molecule has 0 aliphatic carbocycles. The topological polar surface area (TPSA) is 80.0 Å². The third-order valence-corrected chi connectivity index (χ3v) is 4.73. The first kappa shape index (κ1) is 17.1. The number of carboxylic acids is 1. The van der Waals surface area contributed by atoms with Gasteiger partial charge >= 0.3 is 5.97 Å². The molecule has 0 radical (unpaired) electrons. The van der Waals surface area contributed by atoms with Crippen molar-refractivity contribution >= 4 is 11.9 Å². The maximum Gasteiger partial charge on any atom is 0.308 e. The van der Waals surface area contributed by atoms with Gasteiger partial charge in [0.05, 0.1) is 18.6 Å². The summed E-state index contributed by atoms with van der Waals surface area (Å²) in [5.74, 6) is -0.238. The minimum atomic E-state index is -0.911. The minimum Gasteiger partial charge on any atom is -0.496 e. The second kappa shape index (κ2) is 6.63. The molecular weight excluding hydrogens is 322 g/mol. The van der Waals surface area contributed by atoms with E-state index >= 15 is 0 Å². The molecule has 6 nitrogen and oxygen atoms in total. The van der Waals surface area contributed by atoms with Gasteiger partial charge in [-0.2, -0.15) is 0 Å². The molecule has 0 bridgehead atoms. The van der Waals surface area contributed by atoms with Crippen molar-refractivity contribution in [1.82, 2.24) is 4.90 Å². The summed E-state index contributed by atoms with van der Waals surface area (Å²) in [5.41, 5.74) is 1.30. The van der Waals surface area contributed by atoms with Crippen molar-refractivity contribution in [3.63, 3.8) is 0 Å². The second-order valence-electron chi connectivity index (χ2n) is 6.33. The van der Waals surface area contributed by atoms with Crippen LogP contribution in [0.15, 0.2) is 34.7 Å². The van der Waals surface area contributed by atoms with Crippen LogP contribution < -0.4 is 4.74 Å². The maximum absolute atomic E-state index is 12.8. The zero-order valence-electron chi connectivity index (χ0n) is 14.5. The van der Waals surface area contributed by atoms with E-state index in [2.05, 4.69) is 0 Å². The molecule has 3 rings (SSSR count). The number of furan rings is 1. The van der Waals surface area contributed by atoms with Gasteiger partial charge in [-0.25, -0.2) is 0 Å². The lowest BCUT2D eigenvalue weighted by molar-refractivity contribution is -0.141. The number of nitrogens with zero attached hydrogens (tertiary/aromatic N) is 1. The fraction of sp³-hybridized carbons (Fsp3) is 0.368. The number of amides is 1. The summed E-state index contributed by atoms with van der Waals surface area (Å²) in [5, 5.41) is 9.64. The number of carbonyl (C=O) groups excluding carboxylic acids is 1. The maximum atomic E-state index is 12.8. The average molecular weight is 343 g/mol. The molecule has 132 valence electrons. The summed E-state index contributed by atoms with van der Waals surface area (Å²) in [7, 11) is 1.56. The predicted molar refractivity (Wildman–Crippen MR) is 90.9 cm³/mol. The first-order valence-corrected chi connectivity index (χ1v) is 8.14. The lowest BCUT2D eigenvalue weighted by atomic mass is 9.88. The summed E-state index contributed by atoms with van der Waals surface area (Å²) in [6.45, 7) is 4.02. The second-order valence-corrected chi connectivity index (χ2v) is 6.33. The number of para-hydroxylation sites is 1. The van der Waals surface area contributed by atoms with Crippen molar-refractivity contribution in [2.75, 3.05) is 20.2 Å². The number of aryl methyl sites for hydroxylation is 2. The van der Waals surface area contributed by atoms with Gasteiger partial charge in [0.15, 0.2) is 0 Å². The summed E-state index contributed by atoms with van der Waals surface area (Å²) < 4.78 is 10.8. The molecule has 0 saturated carbocycles. The Kier molecular flexibility index (Phi) is 4.53. The van der Waals surface area contributed by atoms with Crippen molar-refractivity contribution in [1.29, 1.82) is 0 Å². The van der Waals surface area contributed by atoms with Crippen LogP contribution in [-0.2, 0) is 4.79 Å². The van der Waals surface area contributed by atoms with Gasteiger partial charge < -0.3 is 19.2 Å². The van der Waals surface area contributed by atoms with Crippen LogP contribution in [0.5, 0.6) is 5.75 Å². The number of hydrogen-bond acceptors (Lipinski definition) is 4. The summed E-state index contributed by atoms with van der Waals surface area (Å²) in [6, 6.07) is 9.06. The highest BCUT2D eigenvalue weighted by Gasteiger charge is 2.42. The minimum absolute atomic E-state index is 0.167. The van der Waals surface area contributed by atoms with Gasteiger partial charge in [-0.3, -0.25) is 9.59 Å². The van der Waals surface area contributed by atoms with Crippen LogP contribution >= 0.6 is 0 Å². The first-order valence-electron chi connectivity index (χ1n) is 8.14. The van der Waals surface area contributed by atoms with Gasteiger partial charge in [0.25, 0.3) is 5.91 Å². The number of carbonyl (C=O) groups is 2. The number of ether oxygens (including phenoxy) is 1. The van der Waals surface area contributed by atoms with Crippen molar-refractivity contribution in [2.24, 2.45) is 5.92 Å². The van der Waals surface area contributed by atoms with E-state index in [9.17, 15) is 14.7 Å². The quantitative estimate of drug-likeness (QED) is 0.923. The summed E-state index contributed by atoms with van der Waals surface area (Å²) in [6.07, 6.45) is 0. The molecule has 0 unspecified atom stereocenters. The predicted octanol–water partition coefficient (Wildman–Crippen LogP) is 2.85. The highest BCUT2D eigenvalue weighted by atomic mass is 16.5. The van der Waals surface area contributed by atoms with E-state index in [1.165, 1.54) is 0 Å². The highest BCUT2D eigenvalue weighted by molar-refractivity contribution is 5.96. The summed E-state index contributed by atoms with van der Waals surface area (Å²) >= 11 is 0. The molecule has 2 heterocycles. The Bertz CT molecular complexity index is 810. The number of likely N-dealkylation sites (tertiary alicyclic amines) is 1. The molecule has 1 N–H and O–H groups in total. The lowest BCUT2D eigenvalue weighted by Crippen LogP contribution is -2.30. The van der Waals surface area contributed by atoms with Crippen LogP contribution in [0.4, 0.5) is 0 Å². The van der Waals surface area contributed by atoms with Crippen molar-refractivity contribution in [3.8, 4) is 5.75 Å². The van der Waals surface area contributed by atoms with Gasteiger partial charge in [0, 0.05) is 19.0 Å². The van der Waals surface area contributed by atoms with E-state index < -0.39 is 11.9 Å². The van der Waals surface area contributed by atoms with Gasteiger partial charge in [-0.1, -0.05) is 18.2 Å². The van der Waals surface area contributed by atoms with Gasteiger partial charge in [0.1, 0.15) is 17.3 Å². The van der Waals surface area contributed by atoms with E-state index in [-0.39, 0.29) is 18.4 Å². The molecule has 0 spiro atoms. The lowest BCUT2D eigenvalue weighted by Gasteiger charge is -2.18. The summed E-state index contributed by atoms with van der Waals surface area (Å²) in [4.78, 5) is 26.2. The van der Waals surface area contributed by atoms with E-state index in [1.54, 1.807) is 31.9 Å². The molecule has 1 saturated heterocycles. The third kappa shape index (κ3) is 3.12. The van der Waals surface area contributed by atoms with Gasteiger partial charge in [-0.05, 0) is 31.5 Å². The largest absolute Gasteiger partial charge is 0.496 e. The fourth-order valence-electron chi connectivity index (χ4n) is 3.52. The number of methoxy groups -OCH3 is 1. The molecular formula is C19H21NO5. The number of rotatable bonds is 4. The Labute approximate surface area is 146 Å². The zero-order valence-corrected chi connectivity index (χ0v) is 14.5. The van der Waals surface area contributed by atoms with E-state index in [4.69, 9.17) is 9.15 Å². The molecule has 1 fully saturated rings. The Morgan fingerprint density at radius 2 is 1.96 bits per heavy atom. The number of aliphatic carboxylic acids is 1. The molecule has 25 heavy (non-hydrogen) atoms. The Hall–Kier alpha value is -2.76. The Morgan fingerprint density at radius 3 is 2.56 bits per heavy atom.